The minimum Gasteiger partial charge on any atom is -0.496 e. The molecule has 0 saturated carbocycles. The number of fused-ring (bicyclic) bond motifs is 1. The Morgan fingerprint density at radius 2 is 1.96 bits per heavy atom. The highest BCUT2D eigenvalue weighted by molar-refractivity contribution is 6.06. The van der Waals surface area contributed by atoms with Gasteiger partial charge in [0, 0.05) is 42.5 Å². The van der Waals surface area contributed by atoms with Crippen LogP contribution >= 0.6 is 0 Å². The lowest BCUT2D eigenvalue weighted by Crippen LogP contribution is -2.34. The molecule has 2 aromatic rings. The van der Waals surface area contributed by atoms with Crippen LogP contribution in [0.4, 0.5) is 5.69 Å². The Hall–Kier alpha value is -2.60. The van der Waals surface area contributed by atoms with Crippen molar-refractivity contribution in [2.24, 2.45) is 5.92 Å². The maximum atomic E-state index is 12.7. The minimum absolute atomic E-state index is 0.0478. The van der Waals surface area contributed by atoms with Crippen molar-refractivity contribution in [3.8, 4) is 5.75 Å². The van der Waals surface area contributed by atoms with Gasteiger partial charge in [0.15, 0.2) is 0 Å². The predicted octanol–water partition coefficient (Wildman–Crippen LogP) is 2.20. The summed E-state index contributed by atoms with van der Waals surface area (Å²) < 4.78 is 5.39. The van der Waals surface area contributed by atoms with Crippen LogP contribution in [0.15, 0.2) is 36.4 Å². The molecule has 0 aromatic heterocycles. The highest BCUT2D eigenvalue weighted by atomic mass is 16.5. The number of likely N-dealkylation sites (N-methyl/N-ethyl adjacent to an activating group) is 1. The fourth-order valence-corrected chi connectivity index (χ4v) is 3.28. The Kier molecular flexibility index (Phi) is 5.42. The van der Waals surface area contributed by atoms with Crippen molar-refractivity contribution in [3.63, 3.8) is 0 Å². The largest absolute Gasteiger partial charge is 0.496 e. The summed E-state index contributed by atoms with van der Waals surface area (Å²) in [6.45, 7) is 1.93. The number of hydrogen-bond acceptors (Lipinski definition) is 4. The van der Waals surface area contributed by atoms with Crippen molar-refractivity contribution >= 4 is 28.3 Å². The van der Waals surface area contributed by atoms with Crippen LogP contribution in [0.1, 0.15) is 6.42 Å². The summed E-state index contributed by atoms with van der Waals surface area (Å²) in [7, 11) is 5.57. The second-order valence-corrected chi connectivity index (χ2v) is 6.89. The van der Waals surface area contributed by atoms with Crippen LogP contribution in [0.2, 0.25) is 0 Å². The first-order valence-corrected chi connectivity index (χ1v) is 8.78. The molecule has 1 aliphatic rings. The Balaban J connectivity index is 1.73. The van der Waals surface area contributed by atoms with Gasteiger partial charge >= 0.3 is 0 Å². The molecule has 6 nitrogen and oxygen atoms in total. The molecule has 6 heteroatoms. The van der Waals surface area contributed by atoms with Gasteiger partial charge in [-0.15, -0.1) is 0 Å². The lowest BCUT2D eigenvalue weighted by atomic mass is 10.1. The van der Waals surface area contributed by atoms with E-state index in [0.29, 0.717) is 13.1 Å². The van der Waals surface area contributed by atoms with E-state index in [9.17, 15) is 9.59 Å². The van der Waals surface area contributed by atoms with Crippen LogP contribution in [-0.2, 0) is 9.59 Å². The molecule has 1 heterocycles. The Morgan fingerprint density at radius 3 is 2.65 bits per heavy atom. The average Bonchev–Trinajstić information content (AvgIpc) is 3.01. The quantitative estimate of drug-likeness (QED) is 0.863. The van der Waals surface area contributed by atoms with Gasteiger partial charge in [-0.05, 0) is 26.2 Å². The molecule has 1 atom stereocenters. The number of anilines is 1. The van der Waals surface area contributed by atoms with E-state index in [1.165, 1.54) is 0 Å². The highest BCUT2D eigenvalue weighted by Gasteiger charge is 2.34. The average molecular weight is 355 g/mol. The number of carbonyl (C=O) groups is 2. The lowest BCUT2D eigenvalue weighted by molar-refractivity contribution is -0.128. The van der Waals surface area contributed by atoms with Crippen molar-refractivity contribution in [3.05, 3.63) is 36.4 Å². The van der Waals surface area contributed by atoms with Gasteiger partial charge in [0.25, 0.3) is 0 Å². The Morgan fingerprint density at radius 1 is 1.23 bits per heavy atom. The third-order valence-electron chi connectivity index (χ3n) is 4.76. The van der Waals surface area contributed by atoms with E-state index in [1.807, 2.05) is 55.4 Å². The van der Waals surface area contributed by atoms with Crippen LogP contribution in [0.25, 0.3) is 10.8 Å². The number of likely N-dealkylation sites (tertiary alicyclic amines) is 1. The molecule has 1 aliphatic heterocycles. The number of rotatable bonds is 6. The summed E-state index contributed by atoms with van der Waals surface area (Å²) >= 11 is 0. The second-order valence-electron chi connectivity index (χ2n) is 6.89. The third-order valence-corrected chi connectivity index (χ3v) is 4.76. The normalized spacial score (nSPS) is 17.2. The molecule has 0 aliphatic carbocycles. The summed E-state index contributed by atoms with van der Waals surface area (Å²) in [4.78, 5) is 28.7. The molecule has 0 bridgehead atoms. The maximum absolute atomic E-state index is 12.7. The Bertz CT molecular complexity index is 819. The number of methoxy groups -OCH3 is 1. The fourth-order valence-electron chi connectivity index (χ4n) is 3.28. The van der Waals surface area contributed by atoms with Crippen molar-refractivity contribution in [2.45, 2.75) is 6.42 Å². The summed E-state index contributed by atoms with van der Waals surface area (Å²) in [5.41, 5.74) is 0.741. The van der Waals surface area contributed by atoms with Crippen LogP contribution < -0.4 is 10.1 Å². The molecule has 26 heavy (non-hydrogen) atoms. The predicted molar refractivity (Wildman–Crippen MR) is 102 cm³/mol. The van der Waals surface area contributed by atoms with Gasteiger partial charge < -0.3 is 19.9 Å². The molecule has 3 rings (SSSR count). The van der Waals surface area contributed by atoms with Gasteiger partial charge in [0.05, 0.1) is 13.0 Å². The molecular formula is C20H25N3O3. The number of benzene rings is 2. The van der Waals surface area contributed by atoms with Gasteiger partial charge in [-0.25, -0.2) is 0 Å². The molecule has 2 amide bonds. The molecule has 1 fully saturated rings. The summed E-state index contributed by atoms with van der Waals surface area (Å²) in [6, 6.07) is 11.5. The summed E-state index contributed by atoms with van der Waals surface area (Å²) in [6.07, 6.45) is 0.271. The van der Waals surface area contributed by atoms with Gasteiger partial charge in [-0.3, -0.25) is 9.59 Å². The first-order valence-electron chi connectivity index (χ1n) is 8.78. The van der Waals surface area contributed by atoms with Crippen molar-refractivity contribution in [1.82, 2.24) is 9.80 Å². The van der Waals surface area contributed by atoms with E-state index in [1.54, 1.807) is 12.0 Å². The minimum atomic E-state index is -0.314. The van der Waals surface area contributed by atoms with E-state index in [4.69, 9.17) is 4.74 Å². The van der Waals surface area contributed by atoms with Gasteiger partial charge in [-0.1, -0.05) is 24.3 Å². The van der Waals surface area contributed by atoms with Crippen molar-refractivity contribution in [2.75, 3.05) is 46.2 Å². The molecule has 1 unspecified atom stereocenters. The summed E-state index contributed by atoms with van der Waals surface area (Å²) in [5, 5.41) is 4.87. The van der Waals surface area contributed by atoms with E-state index < -0.39 is 0 Å². The standard InChI is InChI=1S/C20H25N3O3/c1-22(2)10-11-23-13-14(12-19(23)24)20(25)21-17-8-9-18(26-3)16-7-5-4-6-15(16)17/h4-9,14H,10-13H2,1-3H3,(H,21,25). The van der Waals surface area contributed by atoms with Gasteiger partial charge in [0.1, 0.15) is 5.75 Å². The number of carbonyl (C=O) groups excluding carboxylic acids is 2. The first kappa shape index (κ1) is 18.2. The zero-order chi connectivity index (χ0) is 18.7. The number of hydrogen-bond donors (Lipinski definition) is 1. The molecule has 2 aromatic carbocycles. The Labute approximate surface area is 153 Å². The van der Waals surface area contributed by atoms with E-state index in [0.717, 1.165) is 28.8 Å². The van der Waals surface area contributed by atoms with E-state index in [-0.39, 0.29) is 24.2 Å². The van der Waals surface area contributed by atoms with Gasteiger partial charge in [0.2, 0.25) is 11.8 Å². The fraction of sp³-hybridized carbons (Fsp3) is 0.400. The van der Waals surface area contributed by atoms with Crippen LogP contribution in [0.5, 0.6) is 5.75 Å². The zero-order valence-electron chi connectivity index (χ0n) is 15.5. The van der Waals surface area contributed by atoms with Crippen LogP contribution in [-0.4, -0.2) is 62.5 Å². The smallest absolute Gasteiger partial charge is 0.229 e. The van der Waals surface area contributed by atoms with Crippen molar-refractivity contribution in [1.29, 1.82) is 0 Å². The lowest BCUT2D eigenvalue weighted by Gasteiger charge is -2.19. The number of nitrogens with zero attached hydrogens (tertiary/aromatic N) is 2. The molecule has 1 saturated heterocycles. The molecule has 0 spiro atoms. The maximum Gasteiger partial charge on any atom is 0.229 e. The number of amides is 2. The topological polar surface area (TPSA) is 61.9 Å². The zero-order valence-corrected chi connectivity index (χ0v) is 15.5. The number of nitrogens with one attached hydrogen (secondary N) is 1. The molecule has 0 radical (unpaired) electrons. The van der Waals surface area contributed by atoms with E-state index >= 15 is 0 Å². The van der Waals surface area contributed by atoms with E-state index in [2.05, 4.69) is 5.32 Å². The highest BCUT2D eigenvalue weighted by Crippen LogP contribution is 2.32. The van der Waals surface area contributed by atoms with Gasteiger partial charge in [-0.2, -0.15) is 0 Å². The number of ether oxygens (including phenoxy) is 1. The first-order chi connectivity index (χ1) is 12.5. The molecule has 1 N–H and O–H groups in total. The van der Waals surface area contributed by atoms with Crippen LogP contribution in [0.3, 0.4) is 0 Å². The third kappa shape index (κ3) is 3.80. The van der Waals surface area contributed by atoms with Crippen LogP contribution in [0, 0.1) is 5.92 Å². The van der Waals surface area contributed by atoms with Crippen molar-refractivity contribution < 1.29 is 14.3 Å². The second kappa shape index (κ2) is 7.74. The SMILES string of the molecule is COc1ccc(NC(=O)C2CC(=O)N(CCN(C)C)C2)c2ccccc12. The molecule has 138 valence electrons. The molecular weight excluding hydrogens is 330 g/mol. The summed E-state index contributed by atoms with van der Waals surface area (Å²) in [5.74, 6) is 0.391. The monoisotopic (exact) mass is 355 g/mol.